The molecule has 1 saturated heterocycles. The highest BCUT2D eigenvalue weighted by Crippen LogP contribution is 2.22. The van der Waals surface area contributed by atoms with Gasteiger partial charge in [0.05, 0.1) is 26.2 Å². The molecule has 0 radical (unpaired) electrons. The number of hydrogen-bond acceptors (Lipinski definition) is 2. The van der Waals surface area contributed by atoms with E-state index >= 15 is 0 Å². The molecule has 0 atom stereocenters. The Morgan fingerprint density at radius 1 is 1.24 bits per heavy atom. The maximum atomic E-state index is 12.0. The fourth-order valence-corrected chi connectivity index (χ4v) is 3.64. The maximum Gasteiger partial charge on any atom is 0.361 e. The van der Waals surface area contributed by atoms with E-state index in [1.165, 1.54) is 24.8 Å². The second-order valence-electron chi connectivity index (χ2n) is 6.81. The van der Waals surface area contributed by atoms with E-state index in [2.05, 4.69) is 19.1 Å². The quantitative estimate of drug-likeness (QED) is 0.402. The van der Waals surface area contributed by atoms with Crippen LogP contribution in [0.5, 0.6) is 0 Å². The van der Waals surface area contributed by atoms with Gasteiger partial charge >= 0.3 is 5.97 Å². The van der Waals surface area contributed by atoms with E-state index in [4.69, 9.17) is 16.3 Å². The van der Waals surface area contributed by atoms with Gasteiger partial charge in [0.2, 0.25) is 0 Å². The van der Waals surface area contributed by atoms with Crippen molar-refractivity contribution in [2.75, 3.05) is 32.8 Å². The first-order valence-corrected chi connectivity index (χ1v) is 9.32. The molecule has 140 valence electrons. The predicted octanol–water partition coefficient (Wildman–Crippen LogP) is 1.40. The minimum atomic E-state index is -0.0726. The number of benzene rings is 1. The molecule has 0 aromatic heterocycles. The van der Waals surface area contributed by atoms with Crippen molar-refractivity contribution in [2.24, 2.45) is 0 Å². The number of esters is 1. The number of ether oxygens (including phenoxy) is 1. The molecule has 1 aromatic rings. The molecule has 2 rings (SSSR count). The van der Waals surface area contributed by atoms with Gasteiger partial charge in [-0.25, -0.2) is 4.79 Å². The summed E-state index contributed by atoms with van der Waals surface area (Å²) < 4.78 is 6.03. The lowest BCUT2D eigenvalue weighted by atomic mass is 10.0. The first-order valence-electron chi connectivity index (χ1n) is 8.94. The van der Waals surface area contributed by atoms with E-state index < -0.39 is 0 Å². The number of likely N-dealkylation sites (tertiary alicyclic amines) is 1. The van der Waals surface area contributed by atoms with Gasteiger partial charge in [0.25, 0.3) is 0 Å². The number of carbonyl (C=O) groups is 1. The van der Waals surface area contributed by atoms with Gasteiger partial charge in [-0.2, -0.15) is 0 Å². The molecule has 0 spiro atoms. The highest BCUT2D eigenvalue weighted by atomic mass is 35.5. The summed E-state index contributed by atoms with van der Waals surface area (Å²) in [6.45, 7) is 7.99. The Labute approximate surface area is 163 Å². The topological polar surface area (TPSA) is 26.3 Å². The number of quaternary nitrogens is 1. The minimum Gasteiger partial charge on any atom is -1.00 e. The number of halogens is 2. The molecule has 1 aliphatic rings. The van der Waals surface area contributed by atoms with Crippen LogP contribution in [0, 0.1) is 0 Å². The molecule has 0 N–H and O–H groups in total. The Balaban J connectivity index is 0.00000312. The molecule has 0 saturated carbocycles. The van der Waals surface area contributed by atoms with E-state index in [0.717, 1.165) is 41.1 Å². The summed E-state index contributed by atoms with van der Waals surface area (Å²) in [5.74, 6) is -0.0726. The van der Waals surface area contributed by atoms with E-state index in [1.807, 2.05) is 25.1 Å². The summed E-state index contributed by atoms with van der Waals surface area (Å²) in [5, 5.41) is 0.818. The molecule has 0 amide bonds. The van der Waals surface area contributed by atoms with Crippen LogP contribution in [-0.4, -0.2) is 43.2 Å². The smallest absolute Gasteiger partial charge is 0.361 e. The molecule has 1 fully saturated rings. The van der Waals surface area contributed by atoms with Crippen LogP contribution in [0.3, 0.4) is 0 Å². The van der Waals surface area contributed by atoms with Crippen LogP contribution in [0.15, 0.2) is 35.9 Å². The summed E-state index contributed by atoms with van der Waals surface area (Å²) in [4.78, 5) is 12.0. The van der Waals surface area contributed by atoms with Crippen LogP contribution in [0.2, 0.25) is 5.02 Å². The third-order valence-corrected chi connectivity index (χ3v) is 5.16. The van der Waals surface area contributed by atoms with Crippen molar-refractivity contribution < 1.29 is 26.4 Å². The van der Waals surface area contributed by atoms with Crippen LogP contribution in [0.4, 0.5) is 0 Å². The van der Waals surface area contributed by atoms with Crippen LogP contribution in [0.25, 0.3) is 0 Å². The average Bonchev–Trinajstić information content (AvgIpc) is 2.56. The number of nitrogens with zero attached hydrogens (tertiary/aromatic N) is 1. The number of rotatable bonds is 7. The molecule has 1 aliphatic heterocycles. The molecular weight excluding hydrogens is 357 g/mol. The zero-order valence-corrected chi connectivity index (χ0v) is 16.8. The summed E-state index contributed by atoms with van der Waals surface area (Å²) in [6.07, 6.45) is 6.80. The molecule has 1 aromatic carbocycles. The third-order valence-electron chi connectivity index (χ3n) is 4.79. The Kier molecular flexibility index (Phi) is 9.55. The van der Waals surface area contributed by atoms with E-state index in [1.54, 1.807) is 0 Å². The first kappa shape index (κ1) is 22.0. The molecule has 3 nitrogen and oxygen atoms in total. The summed E-state index contributed by atoms with van der Waals surface area (Å²) in [6, 6.07) is 7.99. The number of piperidine rings is 1. The third kappa shape index (κ3) is 7.01. The van der Waals surface area contributed by atoms with Crippen LogP contribution < -0.4 is 12.4 Å². The Morgan fingerprint density at radius 3 is 2.56 bits per heavy atom. The second-order valence-corrected chi connectivity index (χ2v) is 7.22. The fourth-order valence-electron chi connectivity index (χ4n) is 3.43. The zero-order valence-electron chi connectivity index (χ0n) is 15.3. The zero-order chi connectivity index (χ0) is 17.4. The molecule has 0 aliphatic carbocycles. The van der Waals surface area contributed by atoms with Gasteiger partial charge in [0.15, 0.2) is 6.54 Å². The van der Waals surface area contributed by atoms with Crippen molar-refractivity contribution >= 4 is 17.6 Å². The standard InChI is InChI=1S/C20H29ClNO2.ClH/c1-3-24-20(23)16-22(12-7-4-8-13-22)14-11-17(2)15-18-9-5-6-10-19(18)21;/h5-6,9-11H,3-4,7-8,12-16H2,1-2H3;1H/q+1;/p-1/b17-11-;. The van der Waals surface area contributed by atoms with Crippen molar-refractivity contribution in [1.82, 2.24) is 0 Å². The van der Waals surface area contributed by atoms with Crippen molar-refractivity contribution in [2.45, 2.75) is 39.5 Å². The number of hydrogen-bond donors (Lipinski definition) is 0. The van der Waals surface area contributed by atoms with Gasteiger partial charge in [-0.15, -0.1) is 0 Å². The van der Waals surface area contributed by atoms with Crippen molar-refractivity contribution in [3.05, 3.63) is 46.5 Å². The van der Waals surface area contributed by atoms with E-state index in [-0.39, 0.29) is 18.4 Å². The highest BCUT2D eigenvalue weighted by molar-refractivity contribution is 6.31. The average molecular weight is 386 g/mol. The second kappa shape index (κ2) is 10.8. The van der Waals surface area contributed by atoms with Gasteiger partial charge in [-0.05, 0) is 57.2 Å². The lowest BCUT2D eigenvalue weighted by Crippen LogP contribution is -3.00. The molecule has 0 unspecified atom stereocenters. The molecular formula is C20H29Cl2NO2. The lowest BCUT2D eigenvalue weighted by molar-refractivity contribution is -0.920. The normalized spacial score (nSPS) is 16.8. The Bertz CT molecular complexity index is 581. The van der Waals surface area contributed by atoms with Crippen LogP contribution in [0.1, 0.15) is 38.7 Å². The van der Waals surface area contributed by atoms with E-state index in [0.29, 0.717) is 13.2 Å². The van der Waals surface area contributed by atoms with E-state index in [9.17, 15) is 4.79 Å². The summed E-state index contributed by atoms with van der Waals surface area (Å²) >= 11 is 6.26. The fraction of sp³-hybridized carbons (Fsp3) is 0.550. The van der Waals surface area contributed by atoms with Crippen molar-refractivity contribution in [3.8, 4) is 0 Å². The first-order chi connectivity index (χ1) is 11.5. The van der Waals surface area contributed by atoms with Gasteiger partial charge in [0.1, 0.15) is 0 Å². The van der Waals surface area contributed by atoms with Crippen molar-refractivity contribution in [1.29, 1.82) is 0 Å². The maximum absolute atomic E-state index is 12.0. The highest BCUT2D eigenvalue weighted by Gasteiger charge is 2.32. The molecule has 5 heteroatoms. The summed E-state index contributed by atoms with van der Waals surface area (Å²) in [7, 11) is 0. The van der Waals surface area contributed by atoms with Crippen molar-refractivity contribution in [3.63, 3.8) is 0 Å². The minimum absolute atomic E-state index is 0. The Morgan fingerprint density at radius 2 is 1.92 bits per heavy atom. The largest absolute Gasteiger partial charge is 1.00 e. The molecule has 1 heterocycles. The SMILES string of the molecule is CCOC(=O)C[N+]1(C/C=C(/C)Cc2ccccc2Cl)CCCCC1.[Cl-]. The number of carbonyl (C=O) groups excluding carboxylic acids is 1. The van der Waals surface area contributed by atoms with Crippen LogP contribution >= 0.6 is 11.6 Å². The lowest BCUT2D eigenvalue weighted by Gasteiger charge is -2.40. The van der Waals surface area contributed by atoms with Gasteiger partial charge < -0.3 is 21.6 Å². The Hall–Kier alpha value is -1.03. The summed E-state index contributed by atoms with van der Waals surface area (Å²) in [5.41, 5.74) is 2.46. The number of allylic oxidation sites excluding steroid dienone is 1. The van der Waals surface area contributed by atoms with Gasteiger partial charge in [-0.3, -0.25) is 0 Å². The van der Waals surface area contributed by atoms with Gasteiger partial charge in [-0.1, -0.05) is 35.4 Å². The van der Waals surface area contributed by atoms with Gasteiger partial charge in [0, 0.05) is 5.02 Å². The molecule has 0 bridgehead atoms. The predicted molar refractivity (Wildman–Crippen MR) is 99.1 cm³/mol. The monoisotopic (exact) mass is 385 g/mol. The van der Waals surface area contributed by atoms with Crippen LogP contribution in [-0.2, 0) is 16.0 Å². The molecule has 25 heavy (non-hydrogen) atoms.